The Kier molecular flexibility index (Phi) is 32.9. The van der Waals surface area contributed by atoms with Crippen molar-refractivity contribution in [1.29, 1.82) is 0 Å². The van der Waals surface area contributed by atoms with E-state index >= 15 is 0 Å². The Morgan fingerprint density at radius 3 is 1.36 bits per heavy atom. The van der Waals surface area contributed by atoms with Gasteiger partial charge in [-0.25, -0.2) is 24.0 Å². The number of ether oxygens (including phenoxy) is 4. The van der Waals surface area contributed by atoms with Gasteiger partial charge in [-0.05, 0) is 12.1 Å². The van der Waals surface area contributed by atoms with E-state index in [2.05, 4.69) is 33.9 Å². The summed E-state index contributed by atoms with van der Waals surface area (Å²) >= 11 is 0. The van der Waals surface area contributed by atoms with Gasteiger partial charge in [-0.3, -0.25) is 29.0 Å². The molecule has 19 heteroatoms. The Morgan fingerprint density at radius 2 is 0.980 bits per heavy atom. The molecule has 2 aliphatic rings. The fraction of sp³-hybridized carbons (Fsp3) is 0.258. The number of benzene rings is 1. The van der Waals surface area contributed by atoms with Gasteiger partial charge in [0.25, 0.3) is 11.8 Å². The number of carboxylic acids is 1. The molecular weight excluding hydrogens is 881 g/mol. The van der Waals surface area contributed by atoms with Crippen LogP contribution in [0.3, 0.4) is 0 Å². The molecule has 0 saturated carbocycles. The second-order valence-electron chi connectivity index (χ2n) is 8.70. The predicted molar refractivity (Wildman–Crippen MR) is 162 cm³/mol. The number of esters is 4. The number of aliphatic carboxylic acids is 1. The smallest absolute Gasteiger partial charge is 1.00 e. The van der Waals surface area contributed by atoms with Crippen molar-refractivity contribution >= 4 is 53.5 Å². The predicted octanol–water partition coefficient (Wildman–Crippen LogP) is -7.87. The first-order valence-electron chi connectivity index (χ1n) is 13.6. The Balaban J connectivity index is -0.000000149. The maximum absolute atomic E-state index is 11.9. The molecule has 16 nitrogen and oxygen atoms in total. The molecule has 0 aromatic heterocycles. The molecule has 2 heterocycles. The number of imide groups is 2. The molecule has 0 radical (unpaired) electrons. The molecule has 0 atom stereocenters. The van der Waals surface area contributed by atoms with Crippen LogP contribution in [-0.2, 0) is 52.5 Å². The van der Waals surface area contributed by atoms with Crippen LogP contribution in [0.15, 0.2) is 74.4 Å². The van der Waals surface area contributed by atoms with Gasteiger partial charge in [-0.15, -0.1) is 0 Å². The van der Waals surface area contributed by atoms with Gasteiger partial charge in [0.1, 0.15) is 26.4 Å². The molecular formula is C31H35N2O14Rb3. The number of amides is 4. The van der Waals surface area contributed by atoms with Crippen LogP contribution in [-0.4, -0.2) is 108 Å². The van der Waals surface area contributed by atoms with Crippen molar-refractivity contribution in [2.75, 3.05) is 39.5 Å². The van der Waals surface area contributed by atoms with Crippen molar-refractivity contribution in [1.82, 2.24) is 9.80 Å². The van der Waals surface area contributed by atoms with Gasteiger partial charge >= 0.3 is 204 Å². The van der Waals surface area contributed by atoms with E-state index in [4.69, 9.17) is 9.84 Å². The fourth-order valence-corrected chi connectivity index (χ4v) is 3.44. The number of carboxylic acid groups (broad SMARTS) is 1. The van der Waals surface area contributed by atoms with Gasteiger partial charge in [0.15, 0.2) is 0 Å². The first-order chi connectivity index (χ1) is 22.4. The summed E-state index contributed by atoms with van der Waals surface area (Å²) in [5.41, 5.74) is 0.773. The molecule has 0 unspecified atom stereocenters. The molecule has 1 saturated heterocycles. The van der Waals surface area contributed by atoms with Gasteiger partial charge in [0.2, 0.25) is 11.8 Å². The van der Waals surface area contributed by atoms with Crippen LogP contribution in [0, 0.1) is 0 Å². The number of nitrogens with zero attached hydrogens (tertiary/aromatic N) is 2. The number of carbonyl (C=O) groups excluding carboxylic acids is 8. The van der Waals surface area contributed by atoms with Crippen LogP contribution in [0.5, 0.6) is 0 Å². The Bertz CT molecular complexity index is 1430. The van der Waals surface area contributed by atoms with Crippen molar-refractivity contribution in [3.8, 4) is 0 Å². The number of likely N-dealkylation sites (tertiary alicyclic amines) is 1. The topological polar surface area (TPSA) is 217 Å². The standard InChI is InChI=1S/C13H11NO4.C9H11NO4.C9H10O6.3Rb.3H/c1-2-11(15)18-8-7-14-12(16)9-5-3-4-6-10(9)13(14)17;1-2-9(13)14-6-5-10-7(11)3-4-8(10)12;1-2-8(12)14-5-6-15-9(13)4-3-7(10)11;;;;;;/h2-6H,1,7-8H2;2H,1,3-6H2;2-4H,1,5-6H2,(H,10,11);;;;;;/q;;;3*+1;3*-1/b;;4-3-;;;;;;. The average Bonchev–Trinajstić information content (AvgIpc) is 3.51. The zero-order chi connectivity index (χ0) is 35.4. The van der Waals surface area contributed by atoms with Gasteiger partial charge in [0, 0.05) is 43.2 Å². The first kappa shape index (κ1) is 53.6. The molecule has 1 aromatic rings. The second-order valence-corrected chi connectivity index (χ2v) is 8.70. The summed E-state index contributed by atoms with van der Waals surface area (Å²) in [4.78, 5) is 101. The molecule has 50 heavy (non-hydrogen) atoms. The van der Waals surface area contributed by atoms with Crippen LogP contribution >= 0.6 is 0 Å². The molecule has 3 rings (SSSR count). The van der Waals surface area contributed by atoms with E-state index in [0.717, 1.165) is 34.1 Å². The van der Waals surface area contributed by atoms with Crippen molar-refractivity contribution in [3.63, 3.8) is 0 Å². The van der Waals surface area contributed by atoms with Crippen molar-refractivity contribution in [3.05, 3.63) is 85.5 Å². The van der Waals surface area contributed by atoms with Crippen LogP contribution < -0.4 is 175 Å². The summed E-state index contributed by atoms with van der Waals surface area (Å²) in [5, 5.41) is 8.16. The SMILES string of the molecule is C=CC(=O)OCCN1C(=O)CCC1=O.C=CC(=O)OCCN1C(=O)c2ccccc2C1=O.C=CC(=O)OCCOC(=O)/C=C\C(=O)O.[H-].[H-].[H-].[Rb+].[Rb+].[Rb+]. The minimum absolute atomic E-state index is 0. The van der Waals surface area contributed by atoms with Gasteiger partial charge in [-0.1, -0.05) is 31.9 Å². The quantitative estimate of drug-likeness (QED) is 0.0604. The Labute approximate surface area is 438 Å². The van der Waals surface area contributed by atoms with Crippen LogP contribution in [0.1, 0.15) is 37.8 Å². The third-order valence-electron chi connectivity index (χ3n) is 5.59. The zero-order valence-corrected chi connectivity index (χ0v) is 42.9. The number of hydrogen-bond donors (Lipinski definition) is 1. The number of rotatable bonds is 14. The summed E-state index contributed by atoms with van der Waals surface area (Å²) in [6.45, 7) is 9.58. The van der Waals surface area contributed by atoms with E-state index in [1.165, 1.54) is 0 Å². The zero-order valence-electron chi connectivity index (χ0n) is 31.1. The average molecular weight is 916 g/mol. The summed E-state index contributed by atoms with van der Waals surface area (Å²) in [7, 11) is 0. The molecule has 1 N–H and O–H groups in total. The third-order valence-corrected chi connectivity index (χ3v) is 5.59. The molecule has 0 bridgehead atoms. The van der Waals surface area contributed by atoms with Crippen LogP contribution in [0.25, 0.3) is 0 Å². The monoisotopic (exact) mass is 914 g/mol. The number of hydrogen-bond acceptors (Lipinski definition) is 13. The summed E-state index contributed by atoms with van der Waals surface area (Å²) in [5.74, 6) is -4.93. The summed E-state index contributed by atoms with van der Waals surface area (Å²) in [6.07, 6.45) is 4.97. The third kappa shape index (κ3) is 21.1. The first-order valence-corrected chi connectivity index (χ1v) is 13.6. The Hall–Kier alpha value is -0.774. The molecule has 256 valence electrons. The molecule has 2 aliphatic heterocycles. The summed E-state index contributed by atoms with van der Waals surface area (Å²) in [6, 6.07) is 6.60. The molecule has 1 fully saturated rings. The maximum atomic E-state index is 11.9. The molecule has 1 aromatic carbocycles. The second kappa shape index (κ2) is 30.7. The molecule has 4 amide bonds. The minimum atomic E-state index is -1.25. The molecule has 0 spiro atoms. The van der Waals surface area contributed by atoms with Crippen molar-refractivity contribution in [2.24, 2.45) is 0 Å². The van der Waals surface area contributed by atoms with E-state index in [0.29, 0.717) is 17.2 Å². The van der Waals surface area contributed by atoms with Gasteiger partial charge in [-0.2, -0.15) is 0 Å². The van der Waals surface area contributed by atoms with Crippen molar-refractivity contribution in [2.45, 2.75) is 12.8 Å². The van der Waals surface area contributed by atoms with Crippen LogP contribution in [0.4, 0.5) is 0 Å². The fourth-order valence-electron chi connectivity index (χ4n) is 3.44. The maximum Gasteiger partial charge on any atom is 1.00 e. The van der Waals surface area contributed by atoms with E-state index in [9.17, 15) is 43.2 Å². The van der Waals surface area contributed by atoms with Gasteiger partial charge < -0.3 is 28.3 Å². The minimum Gasteiger partial charge on any atom is -1.00 e. The van der Waals surface area contributed by atoms with Crippen molar-refractivity contribution < 1.29 is 246 Å². The largest absolute Gasteiger partial charge is 1.00 e. The van der Waals surface area contributed by atoms with E-state index in [1.54, 1.807) is 24.3 Å². The van der Waals surface area contributed by atoms with Crippen LogP contribution in [0.2, 0.25) is 0 Å². The van der Waals surface area contributed by atoms with Gasteiger partial charge in [0.05, 0.1) is 24.2 Å². The number of fused-ring (bicyclic) bond motifs is 1. The number of carbonyl (C=O) groups is 9. The molecule has 0 aliphatic carbocycles. The van der Waals surface area contributed by atoms with E-state index in [1.807, 2.05) is 0 Å². The van der Waals surface area contributed by atoms with E-state index in [-0.39, 0.29) is 255 Å². The summed E-state index contributed by atoms with van der Waals surface area (Å²) < 4.78 is 18.4. The Morgan fingerprint density at radius 1 is 0.620 bits per heavy atom. The van der Waals surface area contributed by atoms with E-state index < -0.39 is 29.8 Å². The normalized spacial score (nSPS) is 12.2.